The third-order valence-electron chi connectivity index (χ3n) is 11.5. The number of carbonyl (C=O) groups is 2. The molecule has 1 aromatic heterocycles. The third-order valence-corrected chi connectivity index (χ3v) is 11.8. The minimum absolute atomic E-state index is 0.0225. The number of hydrogen-bond donors (Lipinski definition) is 1. The number of aliphatic carboxylic acids is 1. The molecule has 0 saturated carbocycles. The number of aromatic nitrogens is 2. The quantitative estimate of drug-likeness (QED) is 0.141. The zero-order valence-corrected chi connectivity index (χ0v) is 31.9. The molecule has 8 rings (SSSR count). The van der Waals surface area contributed by atoms with E-state index in [1.54, 1.807) is 0 Å². The Morgan fingerprint density at radius 2 is 1.69 bits per heavy atom. The van der Waals surface area contributed by atoms with E-state index in [2.05, 4.69) is 39.0 Å². The van der Waals surface area contributed by atoms with Crippen LogP contribution in [0.5, 0.6) is 6.01 Å². The van der Waals surface area contributed by atoms with Crippen LogP contribution in [0.15, 0.2) is 66.7 Å². The molecule has 4 aliphatic heterocycles. The molecule has 55 heavy (non-hydrogen) atoms. The van der Waals surface area contributed by atoms with Crippen molar-refractivity contribution in [1.82, 2.24) is 19.8 Å². The number of rotatable bonds is 14. The number of carboxylic acids is 1. The molecule has 3 atom stereocenters. The van der Waals surface area contributed by atoms with Gasteiger partial charge in [-0.2, -0.15) is 9.97 Å². The van der Waals surface area contributed by atoms with E-state index >= 15 is 0 Å². The first kappa shape index (κ1) is 37.3. The van der Waals surface area contributed by atoms with Crippen LogP contribution in [0.4, 0.5) is 16.3 Å². The van der Waals surface area contributed by atoms with E-state index in [0.29, 0.717) is 38.9 Å². The Kier molecular flexibility index (Phi) is 11.5. The maximum absolute atomic E-state index is 13.4. The number of piperazine rings is 1. The summed E-state index contributed by atoms with van der Waals surface area (Å²) in [6.45, 7) is 6.10. The minimum atomic E-state index is -0.844. The van der Waals surface area contributed by atoms with Gasteiger partial charge >= 0.3 is 18.1 Å². The van der Waals surface area contributed by atoms with Crippen molar-refractivity contribution in [2.24, 2.45) is 0 Å². The van der Waals surface area contributed by atoms with E-state index in [1.165, 1.54) is 0 Å². The maximum Gasteiger partial charge on any atom is 0.410 e. The second-order valence-electron chi connectivity index (χ2n) is 15.0. The summed E-state index contributed by atoms with van der Waals surface area (Å²) in [4.78, 5) is 43.5. The molecule has 2 bridgehead atoms. The lowest BCUT2D eigenvalue weighted by Gasteiger charge is -2.42. The van der Waals surface area contributed by atoms with Crippen LogP contribution in [0.25, 0.3) is 10.8 Å². The average molecular weight is 769 g/mol. The van der Waals surface area contributed by atoms with Gasteiger partial charge in [-0.1, -0.05) is 66.2 Å². The van der Waals surface area contributed by atoms with Crippen molar-refractivity contribution in [1.29, 1.82) is 0 Å². The topological polar surface area (TPSA) is 121 Å². The number of carboxylic acid groups (broad SMARTS) is 1. The van der Waals surface area contributed by atoms with Gasteiger partial charge in [-0.3, -0.25) is 14.6 Å². The molecule has 0 aliphatic carbocycles. The zero-order chi connectivity index (χ0) is 37.7. The third kappa shape index (κ3) is 8.46. The Hall–Kier alpha value is -4.65. The van der Waals surface area contributed by atoms with Crippen molar-refractivity contribution in [2.45, 2.75) is 76.2 Å². The molecule has 5 heterocycles. The molecule has 13 heteroatoms. The van der Waals surface area contributed by atoms with E-state index in [4.69, 9.17) is 40.9 Å². The molecule has 1 amide bonds. The summed E-state index contributed by atoms with van der Waals surface area (Å²) in [5.41, 5.74) is 4.16. The van der Waals surface area contributed by atoms with Crippen LogP contribution in [0.3, 0.4) is 0 Å². The summed E-state index contributed by atoms with van der Waals surface area (Å²) in [6, 6.07) is 22.9. The van der Waals surface area contributed by atoms with Crippen molar-refractivity contribution in [2.75, 3.05) is 62.3 Å². The molecule has 4 aromatic rings. The van der Waals surface area contributed by atoms with E-state index in [9.17, 15) is 9.59 Å². The molecule has 2 unspecified atom stereocenters. The molecule has 3 saturated heterocycles. The second kappa shape index (κ2) is 17.0. The Labute approximate surface area is 326 Å². The highest BCUT2D eigenvalue weighted by Crippen LogP contribution is 2.39. The van der Waals surface area contributed by atoms with E-state index in [1.807, 2.05) is 47.4 Å². The van der Waals surface area contributed by atoms with Crippen LogP contribution < -0.4 is 14.5 Å². The summed E-state index contributed by atoms with van der Waals surface area (Å²) in [6.07, 6.45) is 5.35. The molecule has 4 aliphatic rings. The lowest BCUT2D eigenvalue weighted by molar-refractivity contribution is -0.138. The molecule has 1 N–H and O–H groups in total. The molecular formula is C42H49ClN6O6. The van der Waals surface area contributed by atoms with Gasteiger partial charge in [-0.25, -0.2) is 4.79 Å². The summed E-state index contributed by atoms with van der Waals surface area (Å²) >= 11 is 6.78. The molecule has 0 spiro atoms. The molecular weight excluding hydrogens is 720 g/mol. The van der Waals surface area contributed by atoms with Crippen LogP contribution in [0.2, 0.25) is 5.02 Å². The first-order chi connectivity index (χ1) is 26.9. The van der Waals surface area contributed by atoms with Gasteiger partial charge in [0, 0.05) is 55.5 Å². The van der Waals surface area contributed by atoms with Crippen molar-refractivity contribution < 1.29 is 28.9 Å². The summed E-state index contributed by atoms with van der Waals surface area (Å²) in [5.74, 6) is 0.0652. The fraction of sp³-hybridized carbons (Fsp3) is 0.476. The number of benzene rings is 3. The number of carbonyl (C=O) groups excluding carboxylic acids is 1. The van der Waals surface area contributed by atoms with Gasteiger partial charge in [0.2, 0.25) is 0 Å². The van der Waals surface area contributed by atoms with Crippen LogP contribution in [-0.2, 0) is 33.8 Å². The van der Waals surface area contributed by atoms with Gasteiger partial charge in [0.1, 0.15) is 19.0 Å². The van der Waals surface area contributed by atoms with Gasteiger partial charge < -0.3 is 29.1 Å². The lowest BCUT2D eigenvalue weighted by Crippen LogP contribution is -2.56. The number of nitrogens with zero attached hydrogens (tertiary/aromatic N) is 6. The van der Waals surface area contributed by atoms with E-state index < -0.39 is 5.97 Å². The Bertz CT molecular complexity index is 1970. The highest BCUT2D eigenvalue weighted by atomic mass is 35.5. The predicted molar refractivity (Wildman–Crippen MR) is 211 cm³/mol. The highest BCUT2D eigenvalue weighted by Gasteiger charge is 2.45. The molecule has 0 radical (unpaired) electrons. The van der Waals surface area contributed by atoms with Gasteiger partial charge in [0.15, 0.2) is 0 Å². The first-order valence-electron chi connectivity index (χ1n) is 19.6. The van der Waals surface area contributed by atoms with Gasteiger partial charge in [-0.05, 0) is 68.2 Å². The van der Waals surface area contributed by atoms with Gasteiger partial charge in [0.25, 0.3) is 0 Å². The fourth-order valence-corrected chi connectivity index (χ4v) is 9.09. The molecule has 3 fully saturated rings. The number of anilines is 2. The normalized spacial score (nSPS) is 20.9. The number of halogens is 1. The molecule has 3 aromatic carbocycles. The van der Waals surface area contributed by atoms with Crippen LogP contribution in [0.1, 0.15) is 55.3 Å². The number of ether oxygens (including phenoxy) is 3. The van der Waals surface area contributed by atoms with E-state index in [0.717, 1.165) is 102 Å². The molecule has 290 valence electrons. The van der Waals surface area contributed by atoms with Crippen molar-refractivity contribution in [3.8, 4) is 6.01 Å². The SMILES string of the molecule is O=C(O)CCOCCCN1CCC[C@H]1COc1nc2c(c(N3CC4CCC(C3)N4C(=O)OCc3ccccc3)n1)CCN(c1cccc3cccc(Cl)c13)C2. The lowest BCUT2D eigenvalue weighted by atomic mass is 10.0. The van der Waals surface area contributed by atoms with Crippen molar-refractivity contribution in [3.05, 3.63) is 88.6 Å². The number of likely N-dealkylation sites (tertiary alicyclic amines) is 1. The summed E-state index contributed by atoms with van der Waals surface area (Å²) in [7, 11) is 0. The standard InChI is InChI=1S/C42H49ClN6O6/c43-35-13-4-10-30-11-5-14-37(39(30)35)47-21-17-34-36(26-47)44-41(54-28-33-12-6-19-46(33)20-7-22-53-23-18-38(50)51)45-40(34)48-24-31-15-16-32(25-48)49(31)42(52)55-27-29-8-2-1-3-9-29/h1-5,8-11,13-14,31-33H,6-7,12,15-28H2,(H,50,51)/t31?,32?,33-/m0/s1. The smallest absolute Gasteiger partial charge is 0.410 e. The van der Waals surface area contributed by atoms with E-state index in [-0.39, 0.29) is 43.9 Å². The Morgan fingerprint density at radius 1 is 0.891 bits per heavy atom. The van der Waals surface area contributed by atoms with Crippen LogP contribution >= 0.6 is 11.6 Å². The second-order valence-corrected chi connectivity index (χ2v) is 15.4. The largest absolute Gasteiger partial charge is 0.481 e. The molecule has 12 nitrogen and oxygen atoms in total. The van der Waals surface area contributed by atoms with Gasteiger partial charge in [-0.15, -0.1) is 0 Å². The van der Waals surface area contributed by atoms with Crippen LogP contribution in [0, 0.1) is 0 Å². The zero-order valence-electron chi connectivity index (χ0n) is 31.2. The summed E-state index contributed by atoms with van der Waals surface area (Å²) < 4.78 is 17.8. The predicted octanol–water partition coefficient (Wildman–Crippen LogP) is 6.56. The monoisotopic (exact) mass is 768 g/mol. The summed E-state index contributed by atoms with van der Waals surface area (Å²) in [5, 5.41) is 11.7. The number of fused-ring (bicyclic) bond motifs is 4. The van der Waals surface area contributed by atoms with Crippen molar-refractivity contribution >= 4 is 45.9 Å². The number of amides is 1. The highest BCUT2D eigenvalue weighted by molar-refractivity contribution is 6.36. The van der Waals surface area contributed by atoms with Crippen molar-refractivity contribution in [3.63, 3.8) is 0 Å². The minimum Gasteiger partial charge on any atom is -0.481 e. The number of hydrogen-bond acceptors (Lipinski definition) is 10. The Morgan fingerprint density at radius 3 is 2.49 bits per heavy atom. The Balaban J connectivity index is 1.00. The van der Waals surface area contributed by atoms with Crippen LogP contribution in [-0.4, -0.2) is 108 Å². The maximum atomic E-state index is 13.4. The first-order valence-corrected chi connectivity index (χ1v) is 20.0. The van der Waals surface area contributed by atoms with Gasteiger partial charge in [0.05, 0.1) is 42.4 Å². The average Bonchev–Trinajstić information content (AvgIpc) is 3.76. The fourth-order valence-electron chi connectivity index (χ4n) is 8.81.